The van der Waals surface area contributed by atoms with Gasteiger partial charge in [-0.05, 0) is 76.9 Å². The van der Waals surface area contributed by atoms with Crippen LogP contribution < -0.4 is 10.5 Å². The minimum absolute atomic E-state index is 0.258. The summed E-state index contributed by atoms with van der Waals surface area (Å²) in [7, 11) is 0. The average molecular weight is 409 g/mol. The molecule has 1 heterocycles. The number of hydrogen-bond acceptors (Lipinski definition) is 3. The molecular weight excluding hydrogens is 372 g/mol. The van der Waals surface area contributed by atoms with Crippen molar-refractivity contribution in [2.75, 3.05) is 26.2 Å². The van der Waals surface area contributed by atoms with Crippen LogP contribution in [0.1, 0.15) is 42.4 Å². The molecule has 0 saturated carbocycles. The van der Waals surface area contributed by atoms with Crippen molar-refractivity contribution in [3.63, 3.8) is 0 Å². The maximum Gasteiger partial charge on any atom is 0.220 e. The van der Waals surface area contributed by atoms with Crippen LogP contribution in [0.2, 0.25) is 0 Å². The van der Waals surface area contributed by atoms with Gasteiger partial charge >= 0.3 is 0 Å². The summed E-state index contributed by atoms with van der Waals surface area (Å²) in [5.74, 6) is 0.430. The van der Waals surface area contributed by atoms with Crippen molar-refractivity contribution < 1.29 is 9.53 Å². The van der Waals surface area contributed by atoms with E-state index < -0.39 is 0 Å². The maximum atomic E-state index is 10.4. The number of nitrogens with zero attached hydrogens (tertiary/aromatic N) is 1. The summed E-state index contributed by atoms with van der Waals surface area (Å²) in [6, 6.07) is 16.6. The van der Waals surface area contributed by atoms with Gasteiger partial charge in [-0.3, -0.25) is 4.79 Å². The minimum atomic E-state index is -0.341. The molecule has 0 atom stereocenters. The van der Waals surface area contributed by atoms with Crippen LogP contribution in [-0.4, -0.2) is 37.0 Å². The maximum absolute atomic E-state index is 10.4. The van der Waals surface area contributed by atoms with E-state index in [2.05, 4.69) is 48.9 Å². The lowest BCUT2D eigenvalue weighted by atomic mass is 10.1. The van der Waals surface area contributed by atoms with Crippen LogP contribution in [-0.2, 0) is 11.2 Å². The molecule has 30 heavy (non-hydrogen) atoms. The summed E-state index contributed by atoms with van der Waals surface area (Å²) >= 11 is 0. The molecule has 4 nitrogen and oxygen atoms in total. The van der Waals surface area contributed by atoms with Crippen LogP contribution >= 0.6 is 0 Å². The van der Waals surface area contributed by atoms with Gasteiger partial charge in [0.15, 0.2) is 0 Å². The van der Waals surface area contributed by atoms with Crippen molar-refractivity contribution in [1.29, 1.82) is 0 Å². The van der Waals surface area contributed by atoms with Gasteiger partial charge in [0.05, 0.1) is 13.0 Å². The number of amides is 1. The number of hydrogen-bond donors (Lipinski definition) is 1. The molecule has 4 heteroatoms. The number of ether oxygens (including phenoxy) is 1. The monoisotopic (exact) mass is 408 g/mol. The summed E-state index contributed by atoms with van der Waals surface area (Å²) in [5.41, 5.74) is 8.99. The van der Waals surface area contributed by atoms with E-state index in [0.29, 0.717) is 6.61 Å². The normalized spacial score (nSPS) is 12.8. The largest absolute Gasteiger partial charge is 0.493 e. The standard InChI is InChI=1S/C14H21N.C10H13NO2.C2H2/c1-13-6-8-14(9-7-13)5-4-12-15-10-2-3-11-15;1-8-2-4-9(5-3-8)13-7-6-10(11)12;1-2/h6-9H,2-5,10-12H2,1H3;2-5H,6-7H2,1H3,(H2,11,12);1-2H. The second-order valence-electron chi connectivity index (χ2n) is 7.52. The van der Waals surface area contributed by atoms with Gasteiger partial charge in [-0.1, -0.05) is 47.5 Å². The number of primary amides is 1. The van der Waals surface area contributed by atoms with E-state index >= 15 is 0 Å². The van der Waals surface area contributed by atoms with Crippen molar-refractivity contribution in [3.05, 3.63) is 65.2 Å². The van der Waals surface area contributed by atoms with E-state index in [1.807, 2.05) is 31.2 Å². The molecule has 1 saturated heterocycles. The predicted octanol–water partition coefficient (Wildman–Crippen LogP) is 4.52. The van der Waals surface area contributed by atoms with Crippen LogP contribution in [0.4, 0.5) is 0 Å². The number of terminal acetylenes is 1. The molecule has 0 aliphatic carbocycles. The summed E-state index contributed by atoms with van der Waals surface area (Å²) in [4.78, 5) is 13.0. The molecule has 1 fully saturated rings. The zero-order valence-corrected chi connectivity index (χ0v) is 18.5. The number of nitrogens with two attached hydrogens (primary N) is 1. The first kappa shape index (κ1) is 25.3. The Morgan fingerprint density at radius 3 is 2.03 bits per heavy atom. The minimum Gasteiger partial charge on any atom is -0.493 e. The fourth-order valence-corrected chi connectivity index (χ4v) is 3.17. The Bertz CT molecular complexity index is 730. The lowest BCUT2D eigenvalue weighted by molar-refractivity contribution is -0.118. The Hall–Kier alpha value is -2.77. The van der Waals surface area contributed by atoms with E-state index in [1.54, 1.807) is 0 Å². The Morgan fingerprint density at radius 2 is 1.50 bits per heavy atom. The average Bonchev–Trinajstić information content (AvgIpc) is 3.26. The number of carbonyl (C=O) groups is 1. The second-order valence-corrected chi connectivity index (χ2v) is 7.52. The number of aryl methyl sites for hydroxylation is 3. The number of rotatable bonds is 8. The summed E-state index contributed by atoms with van der Waals surface area (Å²) in [6.45, 7) is 8.44. The molecule has 0 spiro atoms. The second kappa shape index (κ2) is 15.1. The summed E-state index contributed by atoms with van der Waals surface area (Å²) in [5, 5.41) is 0. The zero-order valence-electron chi connectivity index (χ0n) is 18.5. The highest BCUT2D eigenvalue weighted by atomic mass is 16.5. The molecule has 2 aromatic rings. The van der Waals surface area contributed by atoms with Crippen molar-refractivity contribution in [3.8, 4) is 18.6 Å². The molecule has 162 valence electrons. The topological polar surface area (TPSA) is 55.6 Å². The van der Waals surface area contributed by atoms with Crippen LogP contribution in [0.5, 0.6) is 5.75 Å². The molecule has 1 aliphatic rings. The summed E-state index contributed by atoms with van der Waals surface area (Å²) in [6.07, 6.45) is 13.6. The fourth-order valence-electron chi connectivity index (χ4n) is 3.17. The Balaban J connectivity index is 0.000000280. The lowest BCUT2D eigenvalue weighted by Gasteiger charge is -2.13. The quantitative estimate of drug-likeness (QED) is 0.653. The highest BCUT2D eigenvalue weighted by Gasteiger charge is 2.10. The number of likely N-dealkylation sites (tertiary alicyclic amines) is 1. The molecule has 0 unspecified atom stereocenters. The van der Waals surface area contributed by atoms with Crippen LogP contribution in [0, 0.1) is 26.7 Å². The van der Waals surface area contributed by atoms with Gasteiger partial charge in [-0.2, -0.15) is 0 Å². The first-order valence-electron chi connectivity index (χ1n) is 10.6. The molecule has 2 N–H and O–H groups in total. The molecule has 0 bridgehead atoms. The predicted molar refractivity (Wildman–Crippen MR) is 126 cm³/mol. The third kappa shape index (κ3) is 11.3. The van der Waals surface area contributed by atoms with Crippen LogP contribution in [0.15, 0.2) is 48.5 Å². The third-order valence-corrected chi connectivity index (χ3v) is 4.90. The Labute approximate surface area is 182 Å². The van der Waals surface area contributed by atoms with E-state index in [-0.39, 0.29) is 12.3 Å². The molecule has 0 aromatic heterocycles. The molecular formula is C26H36N2O2. The smallest absolute Gasteiger partial charge is 0.220 e. The van der Waals surface area contributed by atoms with Gasteiger partial charge in [-0.25, -0.2) is 0 Å². The van der Waals surface area contributed by atoms with E-state index in [4.69, 9.17) is 10.5 Å². The van der Waals surface area contributed by atoms with Crippen molar-refractivity contribution >= 4 is 5.91 Å². The highest BCUT2D eigenvalue weighted by Crippen LogP contribution is 2.11. The van der Waals surface area contributed by atoms with E-state index in [0.717, 1.165) is 5.75 Å². The van der Waals surface area contributed by atoms with Gasteiger partial charge in [0.25, 0.3) is 0 Å². The molecule has 0 radical (unpaired) electrons. The van der Waals surface area contributed by atoms with Crippen LogP contribution in [0.25, 0.3) is 0 Å². The van der Waals surface area contributed by atoms with Crippen LogP contribution in [0.3, 0.4) is 0 Å². The number of carbonyl (C=O) groups excluding carboxylic acids is 1. The lowest BCUT2D eigenvalue weighted by Crippen LogP contribution is -2.20. The van der Waals surface area contributed by atoms with Gasteiger partial charge in [0, 0.05) is 0 Å². The third-order valence-electron chi connectivity index (χ3n) is 4.90. The summed E-state index contributed by atoms with van der Waals surface area (Å²) < 4.78 is 5.27. The molecule has 2 aromatic carbocycles. The number of benzene rings is 2. The van der Waals surface area contributed by atoms with E-state index in [9.17, 15) is 4.79 Å². The first-order chi connectivity index (χ1) is 14.5. The van der Waals surface area contributed by atoms with Crippen molar-refractivity contribution in [2.45, 2.75) is 46.0 Å². The molecule has 1 amide bonds. The molecule has 1 aliphatic heterocycles. The van der Waals surface area contributed by atoms with E-state index in [1.165, 1.54) is 62.0 Å². The highest BCUT2D eigenvalue weighted by molar-refractivity contribution is 5.73. The Kier molecular flexibility index (Phi) is 12.7. The fraction of sp³-hybridized carbons (Fsp3) is 0.423. The van der Waals surface area contributed by atoms with Gasteiger partial charge < -0.3 is 15.4 Å². The van der Waals surface area contributed by atoms with Crippen molar-refractivity contribution in [1.82, 2.24) is 4.90 Å². The van der Waals surface area contributed by atoms with Crippen molar-refractivity contribution in [2.24, 2.45) is 5.73 Å². The Morgan fingerprint density at radius 1 is 0.967 bits per heavy atom. The van der Waals surface area contributed by atoms with Gasteiger partial charge in [-0.15, -0.1) is 12.8 Å². The SMILES string of the molecule is C#C.Cc1ccc(CCCN2CCCC2)cc1.Cc1ccc(OCCC(N)=O)cc1. The van der Waals surface area contributed by atoms with Gasteiger partial charge in [0.2, 0.25) is 5.91 Å². The van der Waals surface area contributed by atoms with Gasteiger partial charge in [0.1, 0.15) is 5.75 Å². The first-order valence-corrected chi connectivity index (χ1v) is 10.6. The zero-order chi connectivity index (χ0) is 22.2. The molecule has 3 rings (SSSR count).